The molecule has 0 aromatic carbocycles. The highest BCUT2D eigenvalue weighted by atomic mass is 32.2. The molecule has 1 aliphatic rings. The molecule has 3 rings (SSSR count). The van der Waals surface area contributed by atoms with Crippen molar-refractivity contribution in [2.45, 2.75) is 18.8 Å². The number of carboxylic acids is 1. The zero-order valence-electron chi connectivity index (χ0n) is 12.5. The molecule has 1 saturated carbocycles. The van der Waals surface area contributed by atoms with Crippen LogP contribution in [-0.4, -0.2) is 45.7 Å². The molecule has 1 aliphatic carbocycles. The van der Waals surface area contributed by atoms with Crippen LogP contribution in [0.1, 0.15) is 34.9 Å². The fourth-order valence-corrected chi connectivity index (χ4v) is 2.90. The van der Waals surface area contributed by atoms with Crippen LogP contribution < -0.4 is 4.72 Å². The minimum atomic E-state index is -3.42. The van der Waals surface area contributed by atoms with Gasteiger partial charge in [0.1, 0.15) is 5.69 Å². The van der Waals surface area contributed by atoms with E-state index in [4.69, 9.17) is 0 Å². The van der Waals surface area contributed by atoms with Crippen LogP contribution in [0.25, 0.3) is 11.4 Å². The van der Waals surface area contributed by atoms with Crippen molar-refractivity contribution in [2.24, 2.45) is 7.05 Å². The van der Waals surface area contributed by atoms with Gasteiger partial charge in [0.25, 0.3) is 0 Å². The molecule has 0 atom stereocenters. The Morgan fingerprint density at radius 2 is 2.09 bits per heavy atom. The second kappa shape index (κ2) is 5.30. The number of aromatic nitrogens is 4. The Bertz CT molecular complexity index is 886. The van der Waals surface area contributed by atoms with E-state index < -0.39 is 16.0 Å². The number of aromatic carboxylic acids is 1. The van der Waals surface area contributed by atoms with Crippen LogP contribution in [0.5, 0.6) is 0 Å². The number of hydrogen-bond acceptors (Lipinski definition) is 6. The van der Waals surface area contributed by atoms with Crippen LogP contribution in [-0.2, 0) is 17.1 Å². The number of nitrogens with zero attached hydrogens (tertiary/aromatic N) is 4. The molecule has 0 spiro atoms. The van der Waals surface area contributed by atoms with Crippen LogP contribution in [0.2, 0.25) is 0 Å². The van der Waals surface area contributed by atoms with Crippen molar-refractivity contribution in [1.29, 1.82) is 0 Å². The van der Waals surface area contributed by atoms with Gasteiger partial charge in [0, 0.05) is 13.0 Å². The number of carbonyl (C=O) groups is 1. The smallest absolute Gasteiger partial charge is 0.356 e. The van der Waals surface area contributed by atoms with Crippen molar-refractivity contribution < 1.29 is 18.3 Å². The van der Waals surface area contributed by atoms with Gasteiger partial charge in [-0.2, -0.15) is 0 Å². The van der Waals surface area contributed by atoms with E-state index in [9.17, 15) is 18.3 Å². The van der Waals surface area contributed by atoms with Crippen molar-refractivity contribution in [3.05, 3.63) is 23.5 Å². The number of pyridine rings is 1. The lowest BCUT2D eigenvalue weighted by molar-refractivity contribution is 0.0686. The summed E-state index contributed by atoms with van der Waals surface area (Å²) >= 11 is 0. The average molecular weight is 337 g/mol. The molecule has 0 amide bonds. The summed E-state index contributed by atoms with van der Waals surface area (Å²) in [4.78, 5) is 15.8. The minimum absolute atomic E-state index is 0.0666. The monoisotopic (exact) mass is 337 g/mol. The van der Waals surface area contributed by atoms with Crippen LogP contribution >= 0.6 is 0 Å². The summed E-state index contributed by atoms with van der Waals surface area (Å²) in [6.45, 7) is 0. The molecule has 2 aromatic rings. The fraction of sp³-hybridized carbons (Fsp3) is 0.385. The molecule has 0 unspecified atom stereocenters. The maximum atomic E-state index is 11.5. The van der Waals surface area contributed by atoms with E-state index in [1.165, 1.54) is 17.8 Å². The predicted molar refractivity (Wildman–Crippen MR) is 81.6 cm³/mol. The van der Waals surface area contributed by atoms with Gasteiger partial charge in [-0.15, -0.1) is 5.10 Å². The quantitative estimate of drug-likeness (QED) is 0.827. The second-order valence-electron chi connectivity index (χ2n) is 5.49. The highest BCUT2D eigenvalue weighted by Gasteiger charge is 2.30. The lowest BCUT2D eigenvalue weighted by Crippen LogP contribution is -2.12. The van der Waals surface area contributed by atoms with Gasteiger partial charge >= 0.3 is 5.97 Å². The van der Waals surface area contributed by atoms with Gasteiger partial charge < -0.3 is 5.11 Å². The first-order chi connectivity index (χ1) is 10.8. The maximum Gasteiger partial charge on any atom is 0.356 e. The largest absolute Gasteiger partial charge is 0.476 e. The summed E-state index contributed by atoms with van der Waals surface area (Å²) < 4.78 is 26.5. The third kappa shape index (κ3) is 3.16. The van der Waals surface area contributed by atoms with Crippen molar-refractivity contribution in [3.8, 4) is 11.4 Å². The molecule has 0 aliphatic heterocycles. The van der Waals surface area contributed by atoms with Gasteiger partial charge in [0.15, 0.2) is 5.69 Å². The van der Waals surface area contributed by atoms with Gasteiger partial charge in [-0.05, 0) is 25.0 Å². The zero-order valence-corrected chi connectivity index (χ0v) is 13.3. The van der Waals surface area contributed by atoms with E-state index in [0.29, 0.717) is 17.1 Å². The molecular formula is C13H15N5O4S. The lowest BCUT2D eigenvalue weighted by atomic mass is 10.1. The minimum Gasteiger partial charge on any atom is -0.476 e. The number of sulfonamides is 1. The first-order valence-electron chi connectivity index (χ1n) is 6.88. The summed E-state index contributed by atoms with van der Waals surface area (Å²) in [6, 6.07) is 3.12. The molecule has 0 radical (unpaired) electrons. The molecule has 2 heterocycles. The highest BCUT2D eigenvalue weighted by molar-refractivity contribution is 7.92. The van der Waals surface area contributed by atoms with Crippen molar-refractivity contribution >= 4 is 21.7 Å². The van der Waals surface area contributed by atoms with Gasteiger partial charge in [0.2, 0.25) is 10.0 Å². The van der Waals surface area contributed by atoms with Crippen molar-refractivity contribution in [2.75, 3.05) is 11.0 Å². The SMILES string of the molecule is Cn1nnc(-c2ccc(NS(C)(=O)=O)c(C3CC3)n2)c1C(=O)O. The molecule has 2 N–H and O–H groups in total. The van der Waals surface area contributed by atoms with Crippen molar-refractivity contribution in [3.63, 3.8) is 0 Å². The molecule has 0 bridgehead atoms. The number of nitrogens with one attached hydrogen (secondary N) is 1. The topological polar surface area (TPSA) is 127 Å². The first-order valence-corrected chi connectivity index (χ1v) is 8.77. The maximum absolute atomic E-state index is 11.5. The zero-order chi connectivity index (χ0) is 16.8. The summed E-state index contributed by atoms with van der Waals surface area (Å²) in [7, 11) is -1.93. The Labute approximate surface area is 132 Å². The van der Waals surface area contributed by atoms with Crippen molar-refractivity contribution in [1.82, 2.24) is 20.0 Å². The summed E-state index contributed by atoms with van der Waals surface area (Å²) in [6.07, 6.45) is 2.91. The first kappa shape index (κ1) is 15.4. The van der Waals surface area contributed by atoms with Gasteiger partial charge in [0.05, 0.1) is 23.3 Å². The second-order valence-corrected chi connectivity index (χ2v) is 7.24. The van der Waals surface area contributed by atoms with Crippen LogP contribution in [0.4, 0.5) is 5.69 Å². The molecule has 9 nitrogen and oxygen atoms in total. The molecule has 1 fully saturated rings. The van der Waals surface area contributed by atoms with Crippen LogP contribution in [0.15, 0.2) is 12.1 Å². The number of anilines is 1. The Hall–Kier alpha value is -2.49. The summed E-state index contributed by atoms with van der Waals surface area (Å²) in [5, 5.41) is 16.9. The average Bonchev–Trinajstić information content (AvgIpc) is 3.20. The van der Waals surface area contributed by atoms with E-state index in [-0.39, 0.29) is 17.3 Å². The number of hydrogen-bond donors (Lipinski definition) is 2. The molecule has 10 heteroatoms. The molecule has 23 heavy (non-hydrogen) atoms. The van der Waals surface area contributed by atoms with E-state index in [1.54, 1.807) is 6.07 Å². The molecule has 0 saturated heterocycles. The standard InChI is InChI=1S/C13H15N5O4S/c1-18-12(13(19)20)11(15-17-18)8-5-6-9(16-23(2,21)22)10(14-8)7-3-4-7/h5-7,16H,3-4H2,1-2H3,(H,19,20). The lowest BCUT2D eigenvalue weighted by Gasteiger charge is -2.10. The van der Waals surface area contributed by atoms with Gasteiger partial charge in [-0.1, -0.05) is 5.21 Å². The fourth-order valence-electron chi connectivity index (χ4n) is 2.33. The predicted octanol–water partition coefficient (Wildman–Crippen LogP) is 0.824. The number of carboxylic acid groups (broad SMARTS) is 1. The Balaban J connectivity index is 2.09. The third-order valence-electron chi connectivity index (χ3n) is 3.46. The Morgan fingerprint density at radius 1 is 1.39 bits per heavy atom. The molecular weight excluding hydrogens is 322 g/mol. The number of rotatable bonds is 5. The Morgan fingerprint density at radius 3 is 2.65 bits per heavy atom. The normalized spacial score (nSPS) is 14.7. The Kier molecular flexibility index (Phi) is 3.55. The van der Waals surface area contributed by atoms with Crippen LogP contribution in [0, 0.1) is 0 Å². The number of aryl methyl sites for hydroxylation is 1. The van der Waals surface area contributed by atoms with E-state index in [1.807, 2.05) is 0 Å². The summed E-state index contributed by atoms with van der Waals surface area (Å²) in [5.74, 6) is -0.982. The molecule has 2 aromatic heterocycles. The third-order valence-corrected chi connectivity index (χ3v) is 4.05. The van der Waals surface area contributed by atoms with E-state index in [0.717, 1.165) is 19.1 Å². The molecule has 122 valence electrons. The van der Waals surface area contributed by atoms with Gasteiger partial charge in [-0.25, -0.2) is 22.9 Å². The highest BCUT2D eigenvalue weighted by Crippen LogP contribution is 2.43. The van der Waals surface area contributed by atoms with Gasteiger partial charge in [-0.3, -0.25) is 4.72 Å². The van der Waals surface area contributed by atoms with Crippen LogP contribution in [0.3, 0.4) is 0 Å². The van der Waals surface area contributed by atoms with E-state index >= 15 is 0 Å². The van der Waals surface area contributed by atoms with E-state index in [2.05, 4.69) is 20.0 Å². The summed E-state index contributed by atoms with van der Waals surface area (Å²) in [5.41, 5.74) is 1.47.